The van der Waals surface area contributed by atoms with Crippen molar-refractivity contribution in [2.24, 2.45) is 0 Å². The molecule has 0 spiro atoms. The molecular weight excluding hydrogens is 320 g/mol. The second kappa shape index (κ2) is 5.79. The maximum atomic E-state index is 2.42. The molecule has 0 radical (unpaired) electrons. The molecule has 25 heavy (non-hydrogen) atoms. The van der Waals surface area contributed by atoms with Crippen molar-refractivity contribution in [3.8, 4) is 11.1 Å². The van der Waals surface area contributed by atoms with Crippen LogP contribution in [0.3, 0.4) is 0 Å². The molecule has 0 aromatic heterocycles. The van der Waals surface area contributed by atoms with Crippen molar-refractivity contribution >= 4 is 17.3 Å². The third-order valence-electron chi connectivity index (χ3n) is 5.08. The molecule has 2 atom stereocenters. The Balaban J connectivity index is 1.41. The van der Waals surface area contributed by atoms with E-state index in [4.69, 9.17) is 0 Å². The lowest BCUT2D eigenvalue weighted by molar-refractivity contribution is 0.907. The number of rotatable bonds is 3. The van der Waals surface area contributed by atoms with E-state index in [1.54, 1.807) is 0 Å². The van der Waals surface area contributed by atoms with Crippen LogP contribution in [-0.4, -0.2) is 5.25 Å². The molecule has 3 aromatic carbocycles. The number of hydrogen-bond donors (Lipinski definition) is 0. The van der Waals surface area contributed by atoms with E-state index in [-0.39, 0.29) is 4.75 Å². The molecule has 0 saturated carbocycles. The van der Waals surface area contributed by atoms with E-state index in [2.05, 4.69) is 103 Å². The summed E-state index contributed by atoms with van der Waals surface area (Å²) in [6.07, 6.45) is 7.10. The van der Waals surface area contributed by atoms with Crippen molar-refractivity contribution in [3.63, 3.8) is 0 Å². The molecular formula is C24H18S. The van der Waals surface area contributed by atoms with Crippen molar-refractivity contribution < 1.29 is 0 Å². The topological polar surface area (TPSA) is 0 Å². The predicted molar refractivity (Wildman–Crippen MR) is 108 cm³/mol. The third kappa shape index (κ3) is 2.56. The molecule has 2 aliphatic rings. The van der Waals surface area contributed by atoms with Crippen LogP contribution in [0.15, 0.2) is 103 Å². The van der Waals surface area contributed by atoms with E-state index in [1.165, 1.54) is 27.8 Å². The first-order valence-corrected chi connectivity index (χ1v) is 9.53. The fraction of sp³-hybridized carbons (Fsp3) is 0.0833. The summed E-state index contributed by atoms with van der Waals surface area (Å²) < 4.78 is 0.146. The molecule has 1 heteroatoms. The van der Waals surface area contributed by atoms with Crippen LogP contribution in [0.2, 0.25) is 0 Å². The zero-order valence-corrected chi connectivity index (χ0v) is 14.6. The van der Waals surface area contributed by atoms with Crippen LogP contribution in [0.1, 0.15) is 11.1 Å². The van der Waals surface area contributed by atoms with Gasteiger partial charge in [-0.1, -0.05) is 103 Å². The van der Waals surface area contributed by atoms with Gasteiger partial charge >= 0.3 is 0 Å². The maximum Gasteiger partial charge on any atom is 0.0752 e. The van der Waals surface area contributed by atoms with Crippen molar-refractivity contribution in [1.82, 2.24) is 0 Å². The molecule has 0 bridgehead atoms. The monoisotopic (exact) mass is 338 g/mol. The van der Waals surface area contributed by atoms with Crippen molar-refractivity contribution in [2.45, 2.75) is 10.00 Å². The molecule has 1 heterocycles. The lowest BCUT2D eigenvalue weighted by Crippen LogP contribution is -2.10. The number of fused-ring (bicyclic) bond motifs is 1. The van der Waals surface area contributed by atoms with E-state index in [0.717, 1.165) is 0 Å². The average Bonchev–Trinajstić information content (AvgIpc) is 3.44. The molecule has 0 nitrogen and oxygen atoms in total. The van der Waals surface area contributed by atoms with Crippen molar-refractivity contribution in [2.75, 3.05) is 0 Å². The van der Waals surface area contributed by atoms with Crippen LogP contribution in [0.25, 0.3) is 16.7 Å². The number of allylic oxidation sites excluding steroid dienone is 2. The van der Waals surface area contributed by atoms with Gasteiger partial charge in [0.15, 0.2) is 0 Å². The lowest BCUT2D eigenvalue weighted by atomic mass is 9.87. The predicted octanol–water partition coefficient (Wildman–Crippen LogP) is 6.32. The van der Waals surface area contributed by atoms with Gasteiger partial charge < -0.3 is 0 Å². The van der Waals surface area contributed by atoms with E-state index < -0.39 is 0 Å². The zero-order valence-electron chi connectivity index (χ0n) is 13.8. The Hall–Kier alpha value is -2.51. The van der Waals surface area contributed by atoms with Gasteiger partial charge in [-0.15, -0.1) is 11.8 Å². The highest BCUT2D eigenvalue weighted by atomic mass is 32.2. The first-order chi connectivity index (χ1) is 12.4. The molecule has 1 aliphatic carbocycles. The highest BCUT2D eigenvalue weighted by Gasteiger charge is 2.54. The summed E-state index contributed by atoms with van der Waals surface area (Å²) in [6, 6.07) is 30.3. The lowest BCUT2D eigenvalue weighted by Gasteiger charge is -2.16. The maximum absolute atomic E-state index is 2.42. The van der Waals surface area contributed by atoms with Gasteiger partial charge in [0.2, 0.25) is 0 Å². The minimum absolute atomic E-state index is 0.146. The van der Waals surface area contributed by atoms with Gasteiger partial charge in [0.25, 0.3) is 0 Å². The largest absolute Gasteiger partial charge is 0.135 e. The second-order valence-electron chi connectivity index (χ2n) is 6.60. The fourth-order valence-electron chi connectivity index (χ4n) is 3.61. The Kier molecular flexibility index (Phi) is 3.43. The average molecular weight is 338 g/mol. The quantitative estimate of drug-likeness (QED) is 0.504. The van der Waals surface area contributed by atoms with Gasteiger partial charge in [-0.25, -0.2) is 0 Å². The molecule has 1 aliphatic heterocycles. The van der Waals surface area contributed by atoms with Crippen molar-refractivity contribution in [3.05, 3.63) is 114 Å². The minimum Gasteiger partial charge on any atom is -0.135 e. The zero-order chi connectivity index (χ0) is 16.7. The molecule has 0 amide bonds. The molecule has 2 unspecified atom stereocenters. The summed E-state index contributed by atoms with van der Waals surface area (Å²) in [7, 11) is 0. The Bertz CT molecular complexity index is 952. The van der Waals surface area contributed by atoms with Crippen LogP contribution < -0.4 is 0 Å². The number of thioether (sulfide) groups is 1. The summed E-state index contributed by atoms with van der Waals surface area (Å²) in [4.78, 5) is 0. The van der Waals surface area contributed by atoms with Crippen LogP contribution in [0.4, 0.5) is 0 Å². The highest BCUT2D eigenvalue weighted by molar-refractivity contribution is 8.08. The Labute approximate surface area is 152 Å². The van der Waals surface area contributed by atoms with E-state index in [9.17, 15) is 0 Å². The first-order valence-electron chi connectivity index (χ1n) is 8.65. The summed E-state index contributed by atoms with van der Waals surface area (Å²) in [5, 5.41) is 0.551. The Morgan fingerprint density at radius 1 is 0.640 bits per heavy atom. The van der Waals surface area contributed by atoms with Crippen LogP contribution >= 0.6 is 11.8 Å². The van der Waals surface area contributed by atoms with Gasteiger partial charge in [0, 0.05) is 5.25 Å². The third-order valence-corrected chi connectivity index (χ3v) is 6.60. The highest BCUT2D eigenvalue weighted by Crippen LogP contribution is 2.65. The summed E-state index contributed by atoms with van der Waals surface area (Å²) in [5.74, 6) is 0. The summed E-state index contributed by atoms with van der Waals surface area (Å²) >= 11 is 2.04. The van der Waals surface area contributed by atoms with E-state index in [0.29, 0.717) is 5.25 Å². The SMILES string of the molecule is C1=CC2(c3ccc(-c4ccccc4)cc3)SC2C=C1c1ccccc1. The van der Waals surface area contributed by atoms with Crippen LogP contribution in [0, 0.1) is 0 Å². The van der Waals surface area contributed by atoms with E-state index >= 15 is 0 Å². The Morgan fingerprint density at radius 2 is 1.24 bits per heavy atom. The van der Waals surface area contributed by atoms with E-state index in [1.807, 2.05) is 11.8 Å². The van der Waals surface area contributed by atoms with Gasteiger partial charge in [0.1, 0.15) is 0 Å². The molecule has 5 rings (SSSR count). The molecule has 3 aromatic rings. The molecule has 1 saturated heterocycles. The molecule has 0 N–H and O–H groups in total. The van der Waals surface area contributed by atoms with Gasteiger partial charge in [0.05, 0.1) is 4.75 Å². The number of benzene rings is 3. The second-order valence-corrected chi connectivity index (χ2v) is 8.02. The number of hydrogen-bond acceptors (Lipinski definition) is 1. The van der Waals surface area contributed by atoms with Gasteiger partial charge in [-0.2, -0.15) is 0 Å². The van der Waals surface area contributed by atoms with Crippen molar-refractivity contribution in [1.29, 1.82) is 0 Å². The van der Waals surface area contributed by atoms with Crippen LogP contribution in [-0.2, 0) is 4.75 Å². The summed E-state index contributed by atoms with van der Waals surface area (Å²) in [6.45, 7) is 0. The first kappa shape index (κ1) is 14.8. The standard InChI is InChI=1S/C24H18S/c1-3-7-18(8-4-1)20-11-13-22(14-12-20)24-16-15-21(17-23(24)25-24)19-9-5-2-6-10-19/h1-17,23H. The Morgan fingerprint density at radius 3 is 1.88 bits per heavy atom. The molecule has 120 valence electrons. The fourth-order valence-corrected chi connectivity index (χ4v) is 4.87. The smallest absolute Gasteiger partial charge is 0.0752 e. The summed E-state index contributed by atoms with van der Waals surface area (Å²) in [5.41, 5.74) is 6.61. The van der Waals surface area contributed by atoms with Gasteiger partial charge in [-0.3, -0.25) is 0 Å². The van der Waals surface area contributed by atoms with Gasteiger partial charge in [-0.05, 0) is 27.8 Å². The minimum atomic E-state index is 0.146. The van der Waals surface area contributed by atoms with Crippen LogP contribution in [0.5, 0.6) is 0 Å². The normalized spacial score (nSPS) is 23.7. The molecule has 1 fully saturated rings.